The normalized spacial score (nSPS) is 11.3. The van der Waals surface area contributed by atoms with Gasteiger partial charge in [0.25, 0.3) is 0 Å². The Labute approximate surface area is 122 Å². The minimum Gasteiger partial charge on any atom is -0.330 e. The Morgan fingerprint density at radius 2 is 2.20 bits per heavy atom. The monoisotopic (exact) mass is 286 g/mol. The molecular weight excluding hydrogens is 268 g/mol. The molecule has 0 aliphatic carbocycles. The molecule has 0 unspecified atom stereocenters. The third kappa shape index (κ3) is 2.34. The lowest BCUT2D eigenvalue weighted by Crippen LogP contribution is -2.02. The smallest absolute Gasteiger partial charge is 0.140 e. The van der Waals surface area contributed by atoms with Gasteiger partial charge in [0.15, 0.2) is 0 Å². The molecule has 20 heavy (non-hydrogen) atoms. The van der Waals surface area contributed by atoms with E-state index in [-0.39, 0.29) is 0 Å². The highest BCUT2D eigenvalue weighted by atomic mass is 32.1. The van der Waals surface area contributed by atoms with Crippen molar-refractivity contribution >= 4 is 22.4 Å². The predicted octanol–water partition coefficient (Wildman–Crippen LogP) is 2.66. The van der Waals surface area contributed by atoms with Crippen LogP contribution in [0.4, 0.5) is 0 Å². The van der Waals surface area contributed by atoms with Crippen LogP contribution in [0.3, 0.4) is 0 Å². The number of hydrogen-bond acceptors (Lipinski definition) is 4. The third-order valence-electron chi connectivity index (χ3n) is 3.51. The van der Waals surface area contributed by atoms with Crippen molar-refractivity contribution in [3.63, 3.8) is 0 Å². The van der Waals surface area contributed by atoms with Gasteiger partial charge in [-0.1, -0.05) is 0 Å². The Bertz CT molecular complexity index is 722. The van der Waals surface area contributed by atoms with E-state index in [1.165, 1.54) is 15.8 Å². The Kier molecular flexibility index (Phi) is 3.54. The van der Waals surface area contributed by atoms with Crippen LogP contribution in [0.25, 0.3) is 11.0 Å². The summed E-state index contributed by atoms with van der Waals surface area (Å²) in [5.41, 5.74) is 9.10. The summed E-state index contributed by atoms with van der Waals surface area (Å²) in [6.45, 7) is 5.60. The van der Waals surface area contributed by atoms with Gasteiger partial charge < -0.3 is 10.3 Å². The maximum atomic E-state index is 5.70. The highest BCUT2D eigenvalue weighted by Gasteiger charge is 2.11. The molecule has 3 aromatic rings. The summed E-state index contributed by atoms with van der Waals surface area (Å²) in [5, 5.41) is 2.32. The molecule has 104 valence electrons. The molecule has 0 bridgehead atoms. The van der Waals surface area contributed by atoms with Crippen LogP contribution in [0.1, 0.15) is 21.1 Å². The predicted molar refractivity (Wildman–Crippen MR) is 83.2 cm³/mol. The molecule has 2 N–H and O–H groups in total. The van der Waals surface area contributed by atoms with Crippen LogP contribution in [0.15, 0.2) is 24.5 Å². The fraction of sp³-hybridized carbons (Fsp3) is 0.333. The number of fused-ring (bicyclic) bond motifs is 1. The lowest BCUT2D eigenvalue weighted by atomic mass is 10.2. The summed E-state index contributed by atoms with van der Waals surface area (Å²) in [6, 6.07) is 4.09. The molecule has 0 fully saturated rings. The van der Waals surface area contributed by atoms with Gasteiger partial charge in [0.2, 0.25) is 0 Å². The minimum atomic E-state index is 0.656. The summed E-state index contributed by atoms with van der Waals surface area (Å²) >= 11 is 1.76. The fourth-order valence-corrected chi connectivity index (χ4v) is 3.36. The summed E-state index contributed by atoms with van der Waals surface area (Å²) in [6.07, 6.45) is 4.88. The average Bonchev–Trinajstić information content (AvgIpc) is 2.93. The van der Waals surface area contributed by atoms with Gasteiger partial charge in [0.1, 0.15) is 10.7 Å². The number of aryl methyl sites for hydroxylation is 2. The van der Waals surface area contributed by atoms with E-state index in [1.807, 2.05) is 12.3 Å². The zero-order valence-corrected chi connectivity index (χ0v) is 12.6. The maximum Gasteiger partial charge on any atom is 0.140 e. The van der Waals surface area contributed by atoms with E-state index in [2.05, 4.69) is 40.6 Å². The fourth-order valence-electron chi connectivity index (χ4n) is 2.42. The second-order valence-electron chi connectivity index (χ2n) is 4.94. The molecule has 5 heteroatoms. The first-order chi connectivity index (χ1) is 9.69. The Morgan fingerprint density at radius 1 is 1.35 bits per heavy atom. The van der Waals surface area contributed by atoms with Gasteiger partial charge in [0.05, 0.1) is 12.2 Å². The van der Waals surface area contributed by atoms with Crippen LogP contribution in [-0.4, -0.2) is 21.1 Å². The number of hydrogen-bond donors (Lipinski definition) is 1. The molecule has 0 aromatic carbocycles. The maximum absolute atomic E-state index is 5.70. The molecule has 0 saturated heterocycles. The highest BCUT2D eigenvalue weighted by molar-refractivity contribution is 7.11. The Balaban J connectivity index is 2.02. The van der Waals surface area contributed by atoms with Crippen molar-refractivity contribution in [1.82, 2.24) is 14.5 Å². The topological polar surface area (TPSA) is 56.7 Å². The second-order valence-corrected chi connectivity index (χ2v) is 6.23. The largest absolute Gasteiger partial charge is 0.330 e. The van der Waals surface area contributed by atoms with E-state index in [9.17, 15) is 0 Å². The van der Waals surface area contributed by atoms with Crippen LogP contribution < -0.4 is 5.73 Å². The lowest BCUT2D eigenvalue weighted by Gasteiger charge is -2.00. The van der Waals surface area contributed by atoms with Gasteiger partial charge in [-0.3, -0.25) is 0 Å². The van der Waals surface area contributed by atoms with E-state index < -0.39 is 0 Å². The van der Waals surface area contributed by atoms with E-state index in [0.717, 1.165) is 29.3 Å². The molecule has 0 atom stereocenters. The second kappa shape index (κ2) is 5.34. The molecule has 3 aromatic heterocycles. The first kappa shape index (κ1) is 13.3. The third-order valence-corrected chi connectivity index (χ3v) is 4.57. The van der Waals surface area contributed by atoms with E-state index in [1.54, 1.807) is 11.3 Å². The zero-order valence-electron chi connectivity index (χ0n) is 11.8. The van der Waals surface area contributed by atoms with Crippen molar-refractivity contribution in [2.24, 2.45) is 5.73 Å². The molecule has 0 aliphatic heterocycles. The zero-order chi connectivity index (χ0) is 14.1. The first-order valence-electron chi connectivity index (χ1n) is 6.74. The number of thiazole rings is 1. The van der Waals surface area contributed by atoms with Gasteiger partial charge in [-0.15, -0.1) is 11.3 Å². The summed E-state index contributed by atoms with van der Waals surface area (Å²) < 4.78 is 2.18. The number of nitrogens with zero attached hydrogens (tertiary/aromatic N) is 3. The molecule has 0 radical (unpaired) electrons. The Hall–Kier alpha value is -1.72. The number of rotatable bonds is 4. The number of aromatic nitrogens is 3. The average molecular weight is 286 g/mol. The van der Waals surface area contributed by atoms with Crippen molar-refractivity contribution in [2.75, 3.05) is 6.54 Å². The van der Waals surface area contributed by atoms with Gasteiger partial charge in [-0.05, 0) is 44.5 Å². The minimum absolute atomic E-state index is 0.656. The van der Waals surface area contributed by atoms with Crippen molar-refractivity contribution in [2.45, 2.75) is 26.8 Å². The van der Waals surface area contributed by atoms with E-state index in [4.69, 9.17) is 5.73 Å². The van der Waals surface area contributed by atoms with Crippen molar-refractivity contribution < 1.29 is 0 Å². The SMILES string of the molecule is Cc1nc(Cn2cc(CCN)c3cccnc32)sc1C. The van der Waals surface area contributed by atoms with Gasteiger partial charge in [0, 0.05) is 22.7 Å². The molecule has 0 amide bonds. The number of nitrogens with two attached hydrogens (primary N) is 1. The van der Waals surface area contributed by atoms with E-state index >= 15 is 0 Å². The van der Waals surface area contributed by atoms with Crippen LogP contribution in [0.2, 0.25) is 0 Å². The van der Waals surface area contributed by atoms with E-state index in [0.29, 0.717) is 6.54 Å². The van der Waals surface area contributed by atoms with Gasteiger partial charge in [-0.2, -0.15) is 0 Å². The quantitative estimate of drug-likeness (QED) is 0.802. The van der Waals surface area contributed by atoms with Crippen LogP contribution >= 0.6 is 11.3 Å². The van der Waals surface area contributed by atoms with Crippen LogP contribution in [0.5, 0.6) is 0 Å². The standard InChI is InChI=1S/C15H18N4S/c1-10-11(2)20-14(18-10)9-19-8-12(5-6-16)13-4-3-7-17-15(13)19/h3-4,7-8H,5-6,9,16H2,1-2H3. The molecule has 0 spiro atoms. The lowest BCUT2D eigenvalue weighted by molar-refractivity contribution is 0.807. The molecule has 3 rings (SSSR count). The van der Waals surface area contributed by atoms with Gasteiger partial charge in [-0.25, -0.2) is 9.97 Å². The van der Waals surface area contributed by atoms with Crippen molar-refractivity contribution in [3.05, 3.63) is 45.7 Å². The highest BCUT2D eigenvalue weighted by Crippen LogP contribution is 2.23. The van der Waals surface area contributed by atoms with Crippen LogP contribution in [-0.2, 0) is 13.0 Å². The van der Waals surface area contributed by atoms with Crippen LogP contribution in [0, 0.1) is 13.8 Å². The molecular formula is C15H18N4S. The van der Waals surface area contributed by atoms with Crippen molar-refractivity contribution in [1.29, 1.82) is 0 Å². The Morgan fingerprint density at radius 3 is 2.90 bits per heavy atom. The molecule has 4 nitrogen and oxygen atoms in total. The molecule has 3 heterocycles. The van der Waals surface area contributed by atoms with Crippen molar-refractivity contribution in [3.8, 4) is 0 Å². The molecule has 0 saturated carbocycles. The van der Waals surface area contributed by atoms with Gasteiger partial charge >= 0.3 is 0 Å². The molecule has 0 aliphatic rings. The first-order valence-corrected chi connectivity index (χ1v) is 7.56. The number of pyridine rings is 1. The summed E-state index contributed by atoms with van der Waals surface area (Å²) in [5.74, 6) is 0. The summed E-state index contributed by atoms with van der Waals surface area (Å²) in [4.78, 5) is 10.4. The summed E-state index contributed by atoms with van der Waals surface area (Å²) in [7, 11) is 0.